The molecule has 14 atom stereocenters. The SMILES string of the molecule is N[C@H]1NC=C[C@@]2(O[C@H]3Oc4cc5c(c(Cn6cc7cc[nH]c7c6CO)c4C[C@]4(CC[C@H](CCCO)C4)[C@@]3(O)[C@@H](O)[C@@H]2O)[C@@H]2Oc3c4ccc(OCO)c3OC[C@H](O)C#C[C@@H](c3ccccc3)[C@@H](O5)[C@@H]42)[C@H]1OC(=O)CC(=O)O. The number of rotatable bonds is 12. The summed E-state index contributed by atoms with van der Waals surface area (Å²) in [6.07, 6.45) is -4.54. The number of benzene rings is 3. The van der Waals surface area contributed by atoms with Crippen LogP contribution in [0.3, 0.4) is 0 Å². The number of hydrogen-bond acceptors (Lipinski definition) is 18. The Bertz CT molecular complexity index is 3210. The second kappa shape index (κ2) is 19.6. The molecule has 77 heavy (non-hydrogen) atoms. The van der Waals surface area contributed by atoms with Gasteiger partial charge in [-0.25, -0.2) is 0 Å². The van der Waals surface area contributed by atoms with E-state index < -0.39 is 103 Å². The second-order valence-corrected chi connectivity index (χ2v) is 21.2. The fourth-order valence-electron chi connectivity index (χ4n) is 13.6. The van der Waals surface area contributed by atoms with Crippen LogP contribution in [0.4, 0.5) is 0 Å². The Kier molecular flexibility index (Phi) is 12.9. The highest BCUT2D eigenvalue weighted by atomic mass is 16.7. The van der Waals surface area contributed by atoms with Crippen molar-refractivity contribution in [3.05, 3.63) is 113 Å². The van der Waals surface area contributed by atoms with Crippen molar-refractivity contribution in [1.29, 1.82) is 0 Å². The summed E-state index contributed by atoms with van der Waals surface area (Å²) in [5.41, 5.74) is 4.96. The Morgan fingerprint density at radius 1 is 0.974 bits per heavy atom. The number of hydrogen-bond donors (Lipinski definition) is 11. The molecule has 21 heteroatoms. The lowest BCUT2D eigenvalue weighted by atomic mass is 9.59. The molecule has 21 nitrogen and oxygen atoms in total. The lowest BCUT2D eigenvalue weighted by molar-refractivity contribution is -0.377. The van der Waals surface area contributed by atoms with Gasteiger partial charge >= 0.3 is 11.9 Å². The monoisotopic (exact) mass is 1060 g/mol. The second-order valence-electron chi connectivity index (χ2n) is 21.2. The first kappa shape index (κ1) is 50.9. The van der Waals surface area contributed by atoms with E-state index in [2.05, 4.69) is 22.1 Å². The molecule has 0 amide bonds. The van der Waals surface area contributed by atoms with Crippen LogP contribution in [0.1, 0.15) is 90.0 Å². The normalized spacial score (nSPS) is 33.1. The molecule has 5 aromatic rings. The highest BCUT2D eigenvalue weighted by molar-refractivity contribution is 5.90. The van der Waals surface area contributed by atoms with E-state index in [0.717, 1.165) is 10.9 Å². The minimum absolute atomic E-state index is 0.0157. The van der Waals surface area contributed by atoms with Gasteiger partial charge in [-0.1, -0.05) is 48.2 Å². The largest absolute Gasteiger partial charge is 0.487 e. The third-order valence-electron chi connectivity index (χ3n) is 17.1. The maximum Gasteiger partial charge on any atom is 0.317 e. The van der Waals surface area contributed by atoms with Crippen molar-refractivity contribution in [2.24, 2.45) is 17.1 Å². The maximum absolute atomic E-state index is 13.8. The fourth-order valence-corrected chi connectivity index (χ4v) is 13.6. The quantitative estimate of drug-likeness (QED) is 0.0369. The van der Waals surface area contributed by atoms with Gasteiger partial charge in [-0.3, -0.25) is 9.59 Å². The molecule has 1 aliphatic carbocycles. The number of nitrogens with two attached hydrogens (primary N) is 1. The molecule has 406 valence electrons. The number of fused-ring (bicyclic) bond motifs is 6. The summed E-state index contributed by atoms with van der Waals surface area (Å²) >= 11 is 0. The van der Waals surface area contributed by atoms with Crippen LogP contribution in [0.25, 0.3) is 10.9 Å². The minimum atomic E-state index is -2.44. The van der Waals surface area contributed by atoms with Crippen LogP contribution in [0, 0.1) is 23.2 Å². The number of nitrogens with zero attached hydrogens (tertiary/aromatic N) is 1. The van der Waals surface area contributed by atoms with E-state index in [1.807, 2.05) is 53.2 Å². The number of ether oxygens (including phenoxy) is 7. The molecule has 6 aliphatic heterocycles. The molecule has 8 heterocycles. The number of aromatic amines is 1. The van der Waals surface area contributed by atoms with Crippen LogP contribution < -0.4 is 34.7 Å². The fraction of sp³-hybridized carbons (Fsp3) is 0.464. The topological polar surface area (TPSA) is 319 Å². The zero-order valence-corrected chi connectivity index (χ0v) is 41.6. The van der Waals surface area contributed by atoms with Gasteiger partial charge in [0.1, 0.15) is 61.2 Å². The van der Waals surface area contributed by atoms with Crippen molar-refractivity contribution in [2.45, 2.75) is 130 Å². The first-order valence-corrected chi connectivity index (χ1v) is 25.9. The van der Waals surface area contributed by atoms with Crippen LogP contribution in [0.5, 0.6) is 28.7 Å². The van der Waals surface area contributed by atoms with Crippen LogP contribution in [-0.2, 0) is 38.6 Å². The van der Waals surface area contributed by atoms with Gasteiger partial charge in [0.2, 0.25) is 12.0 Å². The number of aliphatic hydroxyl groups excluding tert-OH is 6. The summed E-state index contributed by atoms with van der Waals surface area (Å²) in [5, 5.41) is 94.8. The molecular weight excluding hydrogens is 1000 g/mol. The molecule has 1 saturated heterocycles. The van der Waals surface area contributed by atoms with Crippen LogP contribution in [0.15, 0.2) is 79.3 Å². The molecule has 7 aliphatic rings. The predicted molar refractivity (Wildman–Crippen MR) is 268 cm³/mol. The molecule has 12 N–H and O–H groups in total. The lowest BCUT2D eigenvalue weighted by Gasteiger charge is -2.59. The zero-order chi connectivity index (χ0) is 53.5. The predicted octanol–water partition coefficient (Wildman–Crippen LogP) is 2.19. The Labute approximate surface area is 440 Å². The number of aromatic nitrogens is 2. The third kappa shape index (κ3) is 8.11. The third-order valence-corrected chi connectivity index (χ3v) is 17.1. The summed E-state index contributed by atoms with van der Waals surface area (Å²) in [6, 6.07) is 16.6. The van der Waals surface area contributed by atoms with Gasteiger partial charge in [0.15, 0.2) is 35.6 Å². The van der Waals surface area contributed by atoms with E-state index in [1.165, 1.54) is 12.3 Å². The van der Waals surface area contributed by atoms with Crippen molar-refractivity contribution in [2.75, 3.05) is 20.0 Å². The standard InChI is InChI=1S/C56H60N4O17/c57-52-51(75-41(67)20-40(65)66)55(15-17-59-52)49(68)50(69)56(70)53(77-55)74-38-19-39-42(35(24-60-23-30-13-16-58-44(30)36(60)25-62)34(38)22-54(56)14-12-28(21-54)5-4-18-61)48-43-33-10-11-37(72-27-63)47(46(33)76-48)71-26-31(64)8-9-32(45(43)73-39)29-6-2-1-3-7-29/h1-3,6-7,10-11,13,15-17,19,23,28,31-32,43,45,48-53,58-59,61-64,68-70H,4-5,12,14,18,20-22,24-27,57H2,(H,65,66)/t28-,31+,32-,43+,45+,48-,49-,50-,51-,52-,53+,54+,55-,56+/m0/s1. The van der Waals surface area contributed by atoms with Crippen molar-refractivity contribution in [3.63, 3.8) is 0 Å². The van der Waals surface area contributed by atoms with Gasteiger partial charge in [-0.15, -0.1) is 0 Å². The number of carboxylic acids is 1. The minimum Gasteiger partial charge on any atom is -0.487 e. The van der Waals surface area contributed by atoms with Crippen molar-refractivity contribution in [1.82, 2.24) is 14.9 Å². The summed E-state index contributed by atoms with van der Waals surface area (Å²) in [7, 11) is 0. The number of carboxylic acid groups (broad SMARTS) is 1. The van der Waals surface area contributed by atoms with E-state index in [-0.39, 0.29) is 80.3 Å². The number of aliphatic hydroxyl groups is 7. The summed E-state index contributed by atoms with van der Waals surface area (Å²) in [5.74, 6) is 3.19. The molecule has 12 rings (SSSR count). The van der Waals surface area contributed by atoms with Crippen molar-refractivity contribution < 1.29 is 83.6 Å². The number of nitrogens with one attached hydrogen (secondary N) is 2. The Morgan fingerprint density at radius 3 is 2.58 bits per heavy atom. The smallest absolute Gasteiger partial charge is 0.317 e. The highest BCUT2D eigenvalue weighted by Gasteiger charge is 2.73. The van der Waals surface area contributed by atoms with Gasteiger partial charge < -0.3 is 94.6 Å². The molecule has 3 aromatic carbocycles. The molecule has 4 bridgehead atoms. The van der Waals surface area contributed by atoms with Gasteiger partial charge in [0, 0.05) is 59.1 Å². The van der Waals surface area contributed by atoms with E-state index in [0.29, 0.717) is 52.7 Å². The number of carbonyl (C=O) groups excluding carboxylic acids is 1. The average Bonchev–Trinajstić information content (AvgIpc) is 4.28. The molecule has 0 radical (unpaired) electrons. The number of esters is 1. The molecule has 2 fully saturated rings. The van der Waals surface area contributed by atoms with E-state index >= 15 is 0 Å². The Balaban J connectivity index is 1.10. The lowest BCUT2D eigenvalue weighted by Crippen LogP contribution is -2.80. The van der Waals surface area contributed by atoms with Crippen LogP contribution in [0.2, 0.25) is 0 Å². The maximum atomic E-state index is 13.8. The number of H-pyrrole nitrogens is 1. The van der Waals surface area contributed by atoms with E-state index in [9.17, 15) is 50.4 Å². The van der Waals surface area contributed by atoms with E-state index in [4.69, 9.17) is 38.9 Å². The molecule has 2 spiro atoms. The number of aliphatic carboxylic acids is 1. The Hall–Kier alpha value is -6.84. The zero-order valence-electron chi connectivity index (χ0n) is 41.6. The van der Waals surface area contributed by atoms with Gasteiger partial charge in [-0.2, -0.15) is 0 Å². The molecule has 0 unspecified atom stereocenters. The molecule has 2 aromatic heterocycles. The first-order chi connectivity index (χ1) is 37.2. The van der Waals surface area contributed by atoms with Crippen LogP contribution in [-0.4, -0.2) is 137 Å². The Morgan fingerprint density at radius 2 is 1.81 bits per heavy atom. The summed E-state index contributed by atoms with van der Waals surface area (Å²) in [4.78, 5) is 28.1. The average molecular weight is 1060 g/mol. The summed E-state index contributed by atoms with van der Waals surface area (Å²) < 4.78 is 48.2. The van der Waals surface area contributed by atoms with Gasteiger partial charge in [0.25, 0.3) is 0 Å². The highest BCUT2D eigenvalue weighted by Crippen LogP contribution is 2.65. The first-order valence-electron chi connectivity index (χ1n) is 25.9. The van der Waals surface area contributed by atoms with Crippen molar-refractivity contribution in [3.8, 4) is 40.6 Å². The van der Waals surface area contributed by atoms with Crippen molar-refractivity contribution >= 4 is 22.8 Å². The van der Waals surface area contributed by atoms with Gasteiger partial charge in [-0.05, 0) is 80.0 Å². The number of carbonyl (C=O) groups is 2. The van der Waals surface area contributed by atoms with E-state index in [1.54, 1.807) is 18.3 Å². The van der Waals surface area contributed by atoms with Gasteiger partial charge in [0.05, 0.1) is 29.7 Å². The van der Waals surface area contributed by atoms with Crippen LogP contribution >= 0.6 is 0 Å². The molecular formula is C56H60N4O17. The summed E-state index contributed by atoms with van der Waals surface area (Å²) in [6.45, 7) is -1.33. The molecule has 1 saturated carbocycles.